The fourth-order valence-electron chi connectivity index (χ4n) is 3.21. The maximum absolute atomic E-state index is 2.76. The van der Waals surface area contributed by atoms with Gasteiger partial charge < -0.3 is 9.80 Å². The molecule has 2 rings (SSSR count). The van der Waals surface area contributed by atoms with Crippen LogP contribution in [-0.4, -0.2) is 49.1 Å². The van der Waals surface area contributed by atoms with E-state index in [1.54, 1.807) is 0 Å². The Morgan fingerprint density at radius 2 is 1.47 bits per heavy atom. The molecule has 1 saturated carbocycles. The molecule has 2 aliphatic rings. The van der Waals surface area contributed by atoms with Gasteiger partial charge in [0.15, 0.2) is 0 Å². The summed E-state index contributed by atoms with van der Waals surface area (Å²) in [6.45, 7) is 2.68. The van der Waals surface area contributed by atoms with Gasteiger partial charge in [-0.25, -0.2) is 0 Å². The summed E-state index contributed by atoms with van der Waals surface area (Å²) >= 11 is 0. The van der Waals surface area contributed by atoms with Gasteiger partial charge in [-0.05, 0) is 52.9 Å². The molecule has 0 amide bonds. The summed E-state index contributed by atoms with van der Waals surface area (Å²) < 4.78 is 0. The molecule has 0 bridgehead atoms. The van der Waals surface area contributed by atoms with E-state index >= 15 is 0 Å². The van der Waals surface area contributed by atoms with Gasteiger partial charge in [0.25, 0.3) is 0 Å². The molecule has 2 nitrogen and oxygen atoms in total. The van der Waals surface area contributed by atoms with E-state index in [-0.39, 0.29) is 0 Å². The molecular weight excluding hydrogens is 184 g/mol. The van der Waals surface area contributed by atoms with Crippen molar-refractivity contribution in [3.8, 4) is 0 Å². The Morgan fingerprint density at radius 3 is 2.00 bits per heavy atom. The van der Waals surface area contributed by atoms with Gasteiger partial charge >= 0.3 is 0 Å². The minimum Gasteiger partial charge on any atom is -0.306 e. The largest absolute Gasteiger partial charge is 0.306 e. The van der Waals surface area contributed by atoms with E-state index in [1.807, 2.05) is 0 Å². The van der Waals surface area contributed by atoms with Gasteiger partial charge in [-0.2, -0.15) is 0 Å². The average Bonchev–Trinajstić information content (AvgIpc) is 2.30. The van der Waals surface area contributed by atoms with Crippen LogP contribution in [0.5, 0.6) is 0 Å². The molecule has 0 aromatic rings. The molecule has 88 valence electrons. The van der Waals surface area contributed by atoms with Crippen molar-refractivity contribution in [2.24, 2.45) is 0 Å². The predicted molar refractivity (Wildman–Crippen MR) is 65.2 cm³/mol. The van der Waals surface area contributed by atoms with Gasteiger partial charge in [0.1, 0.15) is 0 Å². The van der Waals surface area contributed by atoms with Gasteiger partial charge in [-0.3, -0.25) is 0 Å². The molecule has 1 saturated heterocycles. The molecule has 0 aromatic carbocycles. The fraction of sp³-hybridized carbons (Fsp3) is 1.00. The van der Waals surface area contributed by atoms with Crippen molar-refractivity contribution in [2.45, 2.75) is 57.0 Å². The molecule has 0 spiro atoms. The Hall–Kier alpha value is -0.0800. The van der Waals surface area contributed by atoms with Crippen LogP contribution in [0.25, 0.3) is 0 Å². The maximum atomic E-state index is 2.76. The number of hydrogen-bond donors (Lipinski definition) is 0. The van der Waals surface area contributed by atoms with Crippen LogP contribution < -0.4 is 0 Å². The molecule has 1 aliphatic heterocycles. The first-order valence-electron chi connectivity index (χ1n) is 6.68. The van der Waals surface area contributed by atoms with E-state index in [1.165, 1.54) is 58.0 Å². The number of likely N-dealkylation sites (tertiary alicyclic amines) is 1. The minimum absolute atomic E-state index is 0.838. The van der Waals surface area contributed by atoms with E-state index in [0.29, 0.717) is 0 Å². The normalized spacial score (nSPS) is 27.4. The van der Waals surface area contributed by atoms with E-state index in [4.69, 9.17) is 0 Å². The van der Waals surface area contributed by atoms with Crippen molar-refractivity contribution in [1.82, 2.24) is 9.80 Å². The Balaban J connectivity index is 1.77. The lowest BCUT2D eigenvalue weighted by Gasteiger charge is -2.40. The quantitative estimate of drug-likeness (QED) is 0.690. The second-order valence-electron chi connectivity index (χ2n) is 5.52. The molecule has 0 N–H and O–H groups in total. The summed E-state index contributed by atoms with van der Waals surface area (Å²) in [4.78, 5) is 5.16. The summed E-state index contributed by atoms with van der Waals surface area (Å²) in [5.74, 6) is 0. The van der Waals surface area contributed by atoms with Crippen LogP contribution in [0.2, 0.25) is 0 Å². The molecule has 2 fully saturated rings. The van der Waals surface area contributed by atoms with Crippen LogP contribution in [0.1, 0.15) is 44.9 Å². The van der Waals surface area contributed by atoms with E-state index in [0.717, 1.165) is 12.1 Å². The molecule has 1 heterocycles. The standard InChI is InChI=1S/C13H26N2/c1-14(2)12-8-10-15(11-9-12)13-6-4-3-5-7-13/h12-13H,3-11H2,1-2H3. The predicted octanol–water partition coefficient (Wildman–Crippen LogP) is 2.35. The highest BCUT2D eigenvalue weighted by Gasteiger charge is 2.26. The topological polar surface area (TPSA) is 6.48 Å². The lowest BCUT2D eigenvalue weighted by molar-refractivity contribution is 0.0897. The van der Waals surface area contributed by atoms with Crippen molar-refractivity contribution in [3.05, 3.63) is 0 Å². The smallest absolute Gasteiger partial charge is 0.0113 e. The van der Waals surface area contributed by atoms with Gasteiger partial charge in [0.05, 0.1) is 0 Å². The molecule has 0 unspecified atom stereocenters. The van der Waals surface area contributed by atoms with Crippen molar-refractivity contribution < 1.29 is 0 Å². The van der Waals surface area contributed by atoms with E-state index in [2.05, 4.69) is 23.9 Å². The zero-order valence-electron chi connectivity index (χ0n) is 10.4. The highest BCUT2D eigenvalue weighted by atomic mass is 15.2. The number of rotatable bonds is 2. The Labute approximate surface area is 94.6 Å². The summed E-state index contributed by atoms with van der Waals surface area (Å²) in [5.41, 5.74) is 0. The van der Waals surface area contributed by atoms with E-state index in [9.17, 15) is 0 Å². The highest BCUT2D eigenvalue weighted by molar-refractivity contribution is 4.82. The Bertz CT molecular complexity index is 177. The maximum Gasteiger partial charge on any atom is 0.0113 e. The summed E-state index contributed by atoms with van der Waals surface area (Å²) in [6.07, 6.45) is 10.1. The minimum atomic E-state index is 0.838. The SMILES string of the molecule is CN(C)C1CCN(C2CCCCC2)CC1. The second kappa shape index (κ2) is 5.31. The first-order valence-corrected chi connectivity index (χ1v) is 6.68. The van der Waals surface area contributed by atoms with Crippen LogP contribution in [0.15, 0.2) is 0 Å². The first-order chi connectivity index (χ1) is 7.27. The first kappa shape index (κ1) is 11.4. The molecule has 1 aliphatic carbocycles. The van der Waals surface area contributed by atoms with Crippen LogP contribution in [0.4, 0.5) is 0 Å². The number of hydrogen-bond acceptors (Lipinski definition) is 2. The van der Waals surface area contributed by atoms with Gasteiger partial charge in [-0.15, -0.1) is 0 Å². The zero-order valence-corrected chi connectivity index (χ0v) is 10.4. The number of nitrogens with zero attached hydrogens (tertiary/aromatic N) is 2. The Kier molecular flexibility index (Phi) is 4.04. The summed E-state index contributed by atoms with van der Waals surface area (Å²) in [5, 5.41) is 0. The van der Waals surface area contributed by atoms with Crippen LogP contribution in [-0.2, 0) is 0 Å². The lowest BCUT2D eigenvalue weighted by atomic mass is 9.92. The van der Waals surface area contributed by atoms with Crippen LogP contribution in [0.3, 0.4) is 0 Å². The summed E-state index contributed by atoms with van der Waals surface area (Å²) in [6, 6.07) is 1.77. The molecule has 0 aromatic heterocycles. The molecule has 15 heavy (non-hydrogen) atoms. The van der Waals surface area contributed by atoms with E-state index < -0.39 is 0 Å². The van der Waals surface area contributed by atoms with Crippen LogP contribution >= 0.6 is 0 Å². The average molecular weight is 210 g/mol. The van der Waals surface area contributed by atoms with Gasteiger partial charge in [-0.1, -0.05) is 19.3 Å². The Morgan fingerprint density at radius 1 is 0.867 bits per heavy atom. The van der Waals surface area contributed by atoms with Crippen molar-refractivity contribution in [1.29, 1.82) is 0 Å². The lowest BCUT2D eigenvalue weighted by Crippen LogP contribution is -2.46. The third kappa shape index (κ3) is 2.94. The zero-order chi connectivity index (χ0) is 10.7. The number of piperidine rings is 1. The van der Waals surface area contributed by atoms with Crippen molar-refractivity contribution >= 4 is 0 Å². The molecular formula is C13H26N2. The summed E-state index contributed by atoms with van der Waals surface area (Å²) in [7, 11) is 4.45. The second-order valence-corrected chi connectivity index (χ2v) is 5.52. The fourth-order valence-corrected chi connectivity index (χ4v) is 3.21. The van der Waals surface area contributed by atoms with Crippen molar-refractivity contribution in [2.75, 3.05) is 27.2 Å². The van der Waals surface area contributed by atoms with Gasteiger partial charge in [0.2, 0.25) is 0 Å². The monoisotopic (exact) mass is 210 g/mol. The van der Waals surface area contributed by atoms with Crippen LogP contribution in [0, 0.1) is 0 Å². The third-order valence-corrected chi connectivity index (χ3v) is 4.32. The molecule has 2 heteroatoms. The van der Waals surface area contributed by atoms with Crippen molar-refractivity contribution in [3.63, 3.8) is 0 Å². The van der Waals surface area contributed by atoms with Gasteiger partial charge in [0, 0.05) is 12.1 Å². The molecule has 0 atom stereocenters. The highest BCUT2D eigenvalue weighted by Crippen LogP contribution is 2.25. The molecule has 0 radical (unpaired) electrons. The third-order valence-electron chi connectivity index (χ3n) is 4.32.